The quantitative estimate of drug-likeness (QED) is 0.527. The lowest BCUT2D eigenvalue weighted by atomic mass is 9.95. The molecule has 2 aliphatic rings. The number of carboxylic acid groups (broad SMARTS) is 1. The number of anilines is 1. The number of hydrogen-bond acceptors (Lipinski definition) is 3. The second kappa shape index (κ2) is 11.5. The fourth-order valence-electron chi connectivity index (χ4n) is 5.20. The lowest BCUT2D eigenvalue weighted by Gasteiger charge is -2.41. The molecule has 5 heteroatoms. The van der Waals surface area contributed by atoms with E-state index in [2.05, 4.69) is 52.3 Å². The molecule has 4 rings (SSSR count). The molecule has 0 aromatic heterocycles. The van der Waals surface area contributed by atoms with Crippen LogP contribution in [0.2, 0.25) is 0 Å². The number of piperidine rings is 1. The van der Waals surface area contributed by atoms with Gasteiger partial charge in [-0.3, -0.25) is 9.59 Å². The van der Waals surface area contributed by atoms with Crippen LogP contribution in [0.25, 0.3) is 0 Å². The molecule has 0 radical (unpaired) electrons. The maximum atomic E-state index is 12.7. The molecule has 176 valence electrons. The highest BCUT2D eigenvalue weighted by Crippen LogP contribution is 2.32. The Morgan fingerprint density at radius 2 is 1.58 bits per heavy atom. The lowest BCUT2D eigenvalue weighted by molar-refractivity contribution is -0.137. The van der Waals surface area contributed by atoms with Crippen LogP contribution in [0.4, 0.5) is 5.69 Å². The van der Waals surface area contributed by atoms with Crippen LogP contribution in [0.3, 0.4) is 0 Å². The number of nitrogens with zero attached hydrogens (tertiary/aromatic N) is 2. The topological polar surface area (TPSA) is 60.9 Å². The summed E-state index contributed by atoms with van der Waals surface area (Å²) in [5.41, 5.74) is 5.14. The highest BCUT2D eigenvalue weighted by molar-refractivity contribution is 5.97. The van der Waals surface area contributed by atoms with Crippen LogP contribution in [0.15, 0.2) is 48.5 Å². The molecule has 0 atom stereocenters. The van der Waals surface area contributed by atoms with E-state index >= 15 is 0 Å². The average Bonchev–Trinajstić information content (AvgIpc) is 2.83. The van der Waals surface area contributed by atoms with Crippen LogP contribution < -0.4 is 4.90 Å². The third-order valence-corrected chi connectivity index (χ3v) is 7.15. The fraction of sp³-hybridized carbons (Fsp3) is 0.500. The van der Waals surface area contributed by atoms with E-state index in [0.29, 0.717) is 12.5 Å². The van der Waals surface area contributed by atoms with E-state index in [1.165, 1.54) is 16.7 Å². The average molecular weight is 449 g/mol. The van der Waals surface area contributed by atoms with Crippen molar-refractivity contribution in [3.05, 3.63) is 65.2 Å². The fourth-order valence-corrected chi connectivity index (χ4v) is 5.20. The summed E-state index contributed by atoms with van der Waals surface area (Å²) in [7, 11) is 0. The number of likely N-dealkylation sites (tertiary alicyclic amines) is 1. The second-order valence-electron chi connectivity index (χ2n) is 9.49. The summed E-state index contributed by atoms with van der Waals surface area (Å²) in [6.07, 6.45) is 8.72. The Labute approximate surface area is 197 Å². The number of aryl methyl sites for hydroxylation is 2. The number of unbranched alkanes of at least 4 members (excludes halogenated alkanes) is 2. The maximum absolute atomic E-state index is 12.7. The number of benzene rings is 2. The summed E-state index contributed by atoms with van der Waals surface area (Å²) in [5, 5.41) is 8.70. The number of rotatable bonds is 10. The molecule has 1 N–H and O–H groups in total. The van der Waals surface area contributed by atoms with Crippen molar-refractivity contribution >= 4 is 17.6 Å². The van der Waals surface area contributed by atoms with Crippen LogP contribution in [0, 0.1) is 0 Å². The molecule has 0 bridgehead atoms. The molecule has 0 aliphatic carbocycles. The zero-order valence-electron chi connectivity index (χ0n) is 19.5. The van der Waals surface area contributed by atoms with Gasteiger partial charge in [-0.15, -0.1) is 0 Å². The van der Waals surface area contributed by atoms with Crippen molar-refractivity contribution in [3.8, 4) is 0 Å². The molecule has 2 aliphatic heterocycles. The van der Waals surface area contributed by atoms with Gasteiger partial charge in [-0.2, -0.15) is 0 Å². The van der Waals surface area contributed by atoms with Crippen molar-refractivity contribution in [1.82, 2.24) is 4.90 Å². The minimum absolute atomic E-state index is 0.276. The van der Waals surface area contributed by atoms with E-state index in [0.717, 1.165) is 76.7 Å². The summed E-state index contributed by atoms with van der Waals surface area (Å²) >= 11 is 0. The third kappa shape index (κ3) is 6.44. The lowest BCUT2D eigenvalue weighted by Crippen LogP contribution is -2.49. The van der Waals surface area contributed by atoms with Crippen molar-refractivity contribution < 1.29 is 14.7 Å². The maximum Gasteiger partial charge on any atom is 0.303 e. The van der Waals surface area contributed by atoms with E-state index in [-0.39, 0.29) is 12.3 Å². The third-order valence-electron chi connectivity index (χ3n) is 7.15. The molecule has 0 saturated carbocycles. The summed E-state index contributed by atoms with van der Waals surface area (Å²) in [6, 6.07) is 17.6. The summed E-state index contributed by atoms with van der Waals surface area (Å²) in [6.45, 7) is 3.15. The number of hydrogen-bond donors (Lipinski definition) is 1. The van der Waals surface area contributed by atoms with Crippen molar-refractivity contribution in [2.24, 2.45) is 0 Å². The Kier molecular flexibility index (Phi) is 8.16. The first-order valence-corrected chi connectivity index (χ1v) is 12.5. The van der Waals surface area contributed by atoms with Crippen LogP contribution in [-0.2, 0) is 28.9 Å². The van der Waals surface area contributed by atoms with Gasteiger partial charge in [0, 0.05) is 44.2 Å². The molecule has 2 aromatic rings. The zero-order chi connectivity index (χ0) is 23.0. The van der Waals surface area contributed by atoms with Gasteiger partial charge in [-0.05, 0) is 67.7 Å². The Hall–Kier alpha value is -2.66. The molecule has 1 amide bonds. The first-order valence-electron chi connectivity index (χ1n) is 12.5. The zero-order valence-corrected chi connectivity index (χ0v) is 19.5. The van der Waals surface area contributed by atoms with E-state index in [1.807, 2.05) is 6.07 Å². The number of para-hydroxylation sites is 1. The van der Waals surface area contributed by atoms with Crippen molar-refractivity contribution in [3.63, 3.8) is 0 Å². The highest BCUT2D eigenvalue weighted by atomic mass is 16.4. The predicted molar refractivity (Wildman–Crippen MR) is 132 cm³/mol. The molecule has 2 heterocycles. The minimum Gasteiger partial charge on any atom is -0.481 e. The standard InChI is InChI=1S/C28H36N2O3/c31-27-15-14-24-7-4-5-8-26(24)30(27)25-17-20-29(21-18-25)19-16-23-12-10-22(11-13-23)6-2-1-3-9-28(32)33/h4-5,7-8,10-13,25H,1-3,6,9,14-21H2,(H,32,33). The summed E-state index contributed by atoms with van der Waals surface area (Å²) in [4.78, 5) is 27.9. The molecule has 2 aromatic carbocycles. The molecular formula is C28H36N2O3. The predicted octanol–water partition coefficient (Wildman–Crippen LogP) is 4.86. The highest BCUT2D eigenvalue weighted by Gasteiger charge is 2.32. The Morgan fingerprint density at radius 3 is 2.30 bits per heavy atom. The molecule has 33 heavy (non-hydrogen) atoms. The van der Waals surface area contributed by atoms with Crippen molar-refractivity contribution in [1.29, 1.82) is 0 Å². The van der Waals surface area contributed by atoms with Crippen LogP contribution >= 0.6 is 0 Å². The Bertz CT molecular complexity index is 932. The number of carbonyl (C=O) groups excluding carboxylic acids is 1. The normalized spacial score (nSPS) is 17.2. The second-order valence-corrected chi connectivity index (χ2v) is 9.49. The Balaban J connectivity index is 1.19. The van der Waals surface area contributed by atoms with E-state index in [4.69, 9.17) is 5.11 Å². The molecule has 5 nitrogen and oxygen atoms in total. The van der Waals surface area contributed by atoms with Gasteiger partial charge in [0.15, 0.2) is 0 Å². The smallest absolute Gasteiger partial charge is 0.303 e. The largest absolute Gasteiger partial charge is 0.481 e. The van der Waals surface area contributed by atoms with Gasteiger partial charge in [0.05, 0.1) is 0 Å². The van der Waals surface area contributed by atoms with Gasteiger partial charge < -0.3 is 14.9 Å². The van der Waals surface area contributed by atoms with Crippen LogP contribution in [0.1, 0.15) is 61.6 Å². The van der Waals surface area contributed by atoms with Gasteiger partial charge in [0.2, 0.25) is 5.91 Å². The number of aliphatic carboxylic acids is 1. The summed E-state index contributed by atoms with van der Waals surface area (Å²) in [5.74, 6) is -0.414. The Morgan fingerprint density at radius 1 is 0.879 bits per heavy atom. The monoisotopic (exact) mass is 448 g/mol. The minimum atomic E-state index is -0.700. The van der Waals surface area contributed by atoms with Gasteiger partial charge in [0.1, 0.15) is 0 Å². The molecular weight excluding hydrogens is 412 g/mol. The molecule has 1 saturated heterocycles. The first kappa shape index (κ1) is 23.5. The van der Waals surface area contributed by atoms with Gasteiger partial charge in [-0.1, -0.05) is 48.9 Å². The van der Waals surface area contributed by atoms with Gasteiger partial charge in [0.25, 0.3) is 0 Å². The number of fused-ring (bicyclic) bond motifs is 1. The molecule has 0 unspecified atom stereocenters. The van der Waals surface area contributed by atoms with E-state index in [1.54, 1.807) is 0 Å². The number of amides is 1. The van der Waals surface area contributed by atoms with Gasteiger partial charge in [-0.25, -0.2) is 0 Å². The number of carboxylic acids is 1. The van der Waals surface area contributed by atoms with Crippen molar-refractivity contribution in [2.75, 3.05) is 24.5 Å². The molecule has 0 spiro atoms. The van der Waals surface area contributed by atoms with Crippen LogP contribution in [0.5, 0.6) is 0 Å². The SMILES string of the molecule is O=C(O)CCCCCc1ccc(CCN2CCC(N3C(=O)CCc4ccccc43)CC2)cc1. The van der Waals surface area contributed by atoms with E-state index < -0.39 is 5.97 Å². The van der Waals surface area contributed by atoms with Crippen molar-refractivity contribution in [2.45, 2.75) is 70.3 Å². The number of carbonyl (C=O) groups is 2. The van der Waals surface area contributed by atoms with Crippen LogP contribution in [-0.4, -0.2) is 47.6 Å². The van der Waals surface area contributed by atoms with E-state index in [9.17, 15) is 9.59 Å². The first-order chi connectivity index (χ1) is 16.1. The van der Waals surface area contributed by atoms with Gasteiger partial charge >= 0.3 is 5.97 Å². The molecule has 1 fully saturated rings. The summed E-state index contributed by atoms with van der Waals surface area (Å²) < 4.78 is 0.